The first-order chi connectivity index (χ1) is 7.24. The van der Waals surface area contributed by atoms with Gasteiger partial charge in [-0.1, -0.05) is 19.4 Å². The molecular weight excluding hydrogens is 196 g/mol. The van der Waals surface area contributed by atoms with E-state index < -0.39 is 5.97 Å². The zero-order chi connectivity index (χ0) is 11.1. The maximum absolute atomic E-state index is 10.3. The molecule has 0 bridgehead atoms. The molecule has 0 aromatic heterocycles. The van der Waals surface area contributed by atoms with Crippen LogP contribution in [-0.2, 0) is 14.3 Å². The second-order valence-corrected chi connectivity index (χ2v) is 3.76. The highest BCUT2D eigenvalue weighted by molar-refractivity contribution is 5.79. The van der Waals surface area contributed by atoms with Crippen LogP contribution in [0.5, 0.6) is 0 Å². The van der Waals surface area contributed by atoms with Crippen LogP contribution in [0, 0.1) is 11.8 Å². The van der Waals surface area contributed by atoms with E-state index in [1.165, 1.54) is 6.08 Å². The van der Waals surface area contributed by atoms with Crippen molar-refractivity contribution in [1.82, 2.24) is 0 Å². The molecule has 1 unspecified atom stereocenters. The van der Waals surface area contributed by atoms with Crippen molar-refractivity contribution in [3.8, 4) is 0 Å². The molecule has 1 N–H and O–H groups in total. The van der Waals surface area contributed by atoms with Gasteiger partial charge in [-0.2, -0.15) is 0 Å². The van der Waals surface area contributed by atoms with Crippen molar-refractivity contribution >= 4 is 5.97 Å². The van der Waals surface area contributed by atoms with Crippen molar-refractivity contribution in [3.63, 3.8) is 0 Å². The van der Waals surface area contributed by atoms with E-state index in [2.05, 4.69) is 6.92 Å². The van der Waals surface area contributed by atoms with Crippen LogP contribution in [0.4, 0.5) is 0 Å². The quantitative estimate of drug-likeness (QED) is 0.707. The first-order valence-electron chi connectivity index (χ1n) is 5.29. The van der Waals surface area contributed by atoms with Gasteiger partial charge in [0.25, 0.3) is 0 Å². The smallest absolute Gasteiger partial charge is 0.327 e. The summed E-state index contributed by atoms with van der Waals surface area (Å²) in [5.74, 6) is -0.0518. The van der Waals surface area contributed by atoms with E-state index in [4.69, 9.17) is 14.6 Å². The van der Waals surface area contributed by atoms with Gasteiger partial charge in [0.1, 0.15) is 6.79 Å². The Morgan fingerprint density at radius 2 is 2.20 bits per heavy atom. The van der Waals surface area contributed by atoms with Crippen LogP contribution in [-0.4, -0.2) is 31.1 Å². The average Bonchev–Trinajstić information content (AvgIpc) is 2.25. The molecule has 1 aliphatic heterocycles. The molecule has 4 nitrogen and oxygen atoms in total. The summed E-state index contributed by atoms with van der Waals surface area (Å²) in [5.41, 5.74) is 0. The number of carbonyl (C=O) groups is 1. The van der Waals surface area contributed by atoms with E-state index in [0.717, 1.165) is 26.1 Å². The van der Waals surface area contributed by atoms with Gasteiger partial charge in [0, 0.05) is 12.0 Å². The number of ether oxygens (including phenoxy) is 2. The predicted molar refractivity (Wildman–Crippen MR) is 55.4 cm³/mol. The van der Waals surface area contributed by atoms with E-state index >= 15 is 0 Å². The van der Waals surface area contributed by atoms with E-state index in [1.807, 2.05) is 0 Å². The predicted octanol–water partition coefficient (Wildman–Crippen LogP) is 1.66. The Hall–Kier alpha value is -0.870. The molecule has 1 atom stereocenters. The standard InChI is InChI=1S/C11H18O4/c1-2-9(4-3-5-11(12)13)10-6-14-8-15-7-10/h3,5,9-10H,2,4,6-8H2,1H3,(H,12,13). The molecule has 0 aliphatic carbocycles. The van der Waals surface area contributed by atoms with Gasteiger partial charge in [-0.05, 0) is 12.3 Å². The molecule has 1 rings (SSSR count). The van der Waals surface area contributed by atoms with Crippen molar-refractivity contribution in [2.75, 3.05) is 20.0 Å². The van der Waals surface area contributed by atoms with Crippen molar-refractivity contribution in [3.05, 3.63) is 12.2 Å². The summed E-state index contributed by atoms with van der Waals surface area (Å²) in [6.07, 6.45) is 4.71. The van der Waals surface area contributed by atoms with Gasteiger partial charge < -0.3 is 14.6 Å². The van der Waals surface area contributed by atoms with Gasteiger partial charge in [-0.25, -0.2) is 4.79 Å². The molecule has 1 fully saturated rings. The largest absolute Gasteiger partial charge is 0.478 e. The van der Waals surface area contributed by atoms with Crippen molar-refractivity contribution in [2.45, 2.75) is 19.8 Å². The van der Waals surface area contributed by atoms with Crippen molar-refractivity contribution < 1.29 is 19.4 Å². The lowest BCUT2D eigenvalue weighted by Gasteiger charge is -2.28. The molecule has 0 amide bonds. The Bertz CT molecular complexity index is 219. The molecule has 1 heterocycles. The number of aliphatic carboxylic acids is 1. The maximum atomic E-state index is 10.3. The van der Waals surface area contributed by atoms with Gasteiger partial charge in [0.15, 0.2) is 0 Å². The minimum absolute atomic E-state index is 0.387. The Balaban J connectivity index is 2.36. The lowest BCUT2D eigenvalue weighted by molar-refractivity contribution is -0.137. The lowest BCUT2D eigenvalue weighted by atomic mass is 9.88. The number of carboxylic acid groups (broad SMARTS) is 1. The van der Waals surface area contributed by atoms with E-state index in [9.17, 15) is 4.79 Å². The zero-order valence-electron chi connectivity index (χ0n) is 9.02. The average molecular weight is 214 g/mol. The number of allylic oxidation sites excluding steroid dienone is 1. The normalized spacial score (nSPS) is 20.6. The third kappa shape index (κ3) is 4.44. The first kappa shape index (κ1) is 12.2. The first-order valence-corrected chi connectivity index (χ1v) is 5.29. The van der Waals surface area contributed by atoms with Gasteiger partial charge >= 0.3 is 5.97 Å². The summed E-state index contributed by atoms with van der Waals surface area (Å²) in [6, 6.07) is 0. The molecular formula is C11H18O4. The summed E-state index contributed by atoms with van der Waals surface area (Å²) >= 11 is 0. The number of hydrogen-bond acceptors (Lipinski definition) is 3. The molecule has 0 saturated carbocycles. The highest BCUT2D eigenvalue weighted by Gasteiger charge is 2.22. The van der Waals surface area contributed by atoms with Crippen LogP contribution in [0.1, 0.15) is 19.8 Å². The Morgan fingerprint density at radius 3 is 2.73 bits per heavy atom. The molecule has 4 heteroatoms. The SMILES string of the molecule is CCC(CC=CC(=O)O)C1COCOC1. The molecule has 15 heavy (non-hydrogen) atoms. The van der Waals surface area contributed by atoms with Crippen LogP contribution in [0.2, 0.25) is 0 Å². The van der Waals surface area contributed by atoms with Gasteiger partial charge in [-0.3, -0.25) is 0 Å². The second kappa shape index (κ2) is 6.58. The zero-order valence-corrected chi connectivity index (χ0v) is 9.02. The summed E-state index contributed by atoms with van der Waals surface area (Å²) in [4.78, 5) is 10.3. The molecule has 86 valence electrons. The molecule has 0 spiro atoms. The topological polar surface area (TPSA) is 55.8 Å². The molecule has 0 aromatic carbocycles. The molecule has 1 aliphatic rings. The highest BCUT2D eigenvalue weighted by Crippen LogP contribution is 2.23. The minimum Gasteiger partial charge on any atom is -0.478 e. The van der Waals surface area contributed by atoms with Crippen LogP contribution in [0.3, 0.4) is 0 Å². The maximum Gasteiger partial charge on any atom is 0.327 e. The fraction of sp³-hybridized carbons (Fsp3) is 0.727. The van der Waals surface area contributed by atoms with E-state index in [1.54, 1.807) is 6.08 Å². The van der Waals surface area contributed by atoms with Gasteiger partial charge in [0.2, 0.25) is 0 Å². The van der Waals surface area contributed by atoms with Crippen LogP contribution >= 0.6 is 0 Å². The van der Waals surface area contributed by atoms with E-state index in [-0.39, 0.29) is 0 Å². The van der Waals surface area contributed by atoms with Crippen LogP contribution in [0.25, 0.3) is 0 Å². The second-order valence-electron chi connectivity index (χ2n) is 3.76. The number of hydrogen-bond donors (Lipinski definition) is 1. The molecule has 1 saturated heterocycles. The third-order valence-electron chi connectivity index (χ3n) is 2.72. The summed E-state index contributed by atoms with van der Waals surface area (Å²) in [5, 5.41) is 8.47. The summed E-state index contributed by atoms with van der Waals surface area (Å²) in [7, 11) is 0. The summed E-state index contributed by atoms with van der Waals surface area (Å²) in [6.45, 7) is 3.94. The fourth-order valence-corrected chi connectivity index (χ4v) is 1.81. The molecule has 0 radical (unpaired) electrons. The van der Waals surface area contributed by atoms with Crippen LogP contribution < -0.4 is 0 Å². The minimum atomic E-state index is -0.888. The van der Waals surface area contributed by atoms with E-state index in [0.29, 0.717) is 18.6 Å². The highest BCUT2D eigenvalue weighted by atomic mass is 16.7. The molecule has 0 aromatic rings. The van der Waals surface area contributed by atoms with Crippen molar-refractivity contribution in [1.29, 1.82) is 0 Å². The number of rotatable bonds is 5. The van der Waals surface area contributed by atoms with Gasteiger partial charge in [-0.15, -0.1) is 0 Å². The lowest BCUT2D eigenvalue weighted by Crippen LogP contribution is -2.30. The van der Waals surface area contributed by atoms with Gasteiger partial charge in [0.05, 0.1) is 13.2 Å². The Labute approximate surface area is 89.9 Å². The van der Waals surface area contributed by atoms with Crippen LogP contribution in [0.15, 0.2) is 12.2 Å². The number of carboxylic acids is 1. The fourth-order valence-electron chi connectivity index (χ4n) is 1.81. The summed E-state index contributed by atoms with van der Waals surface area (Å²) < 4.78 is 10.5. The van der Waals surface area contributed by atoms with Crippen molar-refractivity contribution in [2.24, 2.45) is 11.8 Å². The Morgan fingerprint density at radius 1 is 1.53 bits per heavy atom. The third-order valence-corrected chi connectivity index (χ3v) is 2.72. The Kier molecular flexibility index (Phi) is 5.36. The monoisotopic (exact) mass is 214 g/mol.